The molecular weight excluding hydrogens is 402 g/mol. The van der Waals surface area contributed by atoms with Gasteiger partial charge in [0.25, 0.3) is 5.91 Å². The first-order valence-corrected chi connectivity index (χ1v) is 10.3. The van der Waals surface area contributed by atoms with Gasteiger partial charge in [-0.25, -0.2) is 0 Å². The van der Waals surface area contributed by atoms with E-state index in [1.807, 2.05) is 47.4 Å². The number of carbonyl (C=O) groups is 1. The summed E-state index contributed by atoms with van der Waals surface area (Å²) in [5, 5.41) is 5.06. The van der Waals surface area contributed by atoms with Crippen molar-refractivity contribution in [3.05, 3.63) is 76.6 Å². The van der Waals surface area contributed by atoms with Crippen molar-refractivity contribution >= 4 is 17.5 Å². The minimum Gasteiger partial charge on any atom is -0.493 e. The summed E-state index contributed by atoms with van der Waals surface area (Å²) in [6, 6.07) is 13.5. The third-order valence-electron chi connectivity index (χ3n) is 5.48. The van der Waals surface area contributed by atoms with Crippen LogP contribution in [0, 0.1) is 0 Å². The molecule has 1 aliphatic rings. The number of benzene rings is 2. The summed E-state index contributed by atoms with van der Waals surface area (Å²) < 4.78 is 12.5. The van der Waals surface area contributed by atoms with E-state index in [-0.39, 0.29) is 11.9 Å². The van der Waals surface area contributed by atoms with Crippen LogP contribution in [0.2, 0.25) is 5.02 Å². The smallest absolute Gasteiger partial charge is 0.257 e. The molecule has 1 fully saturated rings. The van der Waals surface area contributed by atoms with Crippen molar-refractivity contribution in [2.24, 2.45) is 0 Å². The molecule has 1 saturated heterocycles. The average molecular weight is 426 g/mol. The molecule has 0 aliphatic carbocycles. The molecule has 1 amide bonds. The van der Waals surface area contributed by atoms with Gasteiger partial charge in [0.2, 0.25) is 0 Å². The normalized spacial score (nSPS) is 16.0. The molecule has 4 rings (SSSR count). The Labute approximate surface area is 181 Å². The lowest BCUT2D eigenvalue weighted by atomic mass is 10.0. The molecule has 1 atom stereocenters. The van der Waals surface area contributed by atoms with E-state index < -0.39 is 0 Å². The lowest BCUT2D eigenvalue weighted by Crippen LogP contribution is -2.30. The third kappa shape index (κ3) is 4.00. The highest BCUT2D eigenvalue weighted by atomic mass is 35.5. The summed E-state index contributed by atoms with van der Waals surface area (Å²) in [6.07, 6.45) is 5.28. The van der Waals surface area contributed by atoms with Gasteiger partial charge < -0.3 is 14.4 Å². The number of rotatable bonds is 6. The van der Waals surface area contributed by atoms with E-state index in [9.17, 15) is 4.79 Å². The standard InChI is InChI=1S/C23H24ClN3O3/c1-29-21-10-9-16(12-22(21)30-2)20-8-5-11-27(20)23(28)18-13-25-26(15-18)14-17-6-3-4-7-19(17)24/h3-4,6-7,9-10,12-13,15,20H,5,8,11,14H2,1-2H3/t20-/m1/s1. The number of ether oxygens (including phenoxy) is 2. The predicted octanol–water partition coefficient (Wildman–Crippen LogP) is 4.58. The van der Waals surface area contributed by atoms with Crippen molar-refractivity contribution in [1.29, 1.82) is 0 Å². The summed E-state index contributed by atoms with van der Waals surface area (Å²) in [4.78, 5) is 15.1. The van der Waals surface area contributed by atoms with Gasteiger partial charge in [-0.05, 0) is 42.2 Å². The van der Waals surface area contributed by atoms with E-state index in [2.05, 4.69) is 5.10 Å². The van der Waals surface area contributed by atoms with Crippen LogP contribution in [-0.2, 0) is 6.54 Å². The van der Waals surface area contributed by atoms with Crippen molar-refractivity contribution in [3.8, 4) is 11.5 Å². The Morgan fingerprint density at radius 3 is 2.73 bits per heavy atom. The second kappa shape index (κ2) is 8.79. The first-order valence-electron chi connectivity index (χ1n) is 9.89. The molecule has 0 saturated carbocycles. The number of methoxy groups -OCH3 is 2. The Bertz CT molecular complexity index is 1050. The third-order valence-corrected chi connectivity index (χ3v) is 5.85. The largest absolute Gasteiger partial charge is 0.493 e. The zero-order valence-corrected chi connectivity index (χ0v) is 17.8. The number of carbonyl (C=O) groups excluding carboxylic acids is 1. The first kappa shape index (κ1) is 20.3. The molecule has 156 valence electrons. The number of hydrogen-bond acceptors (Lipinski definition) is 4. The van der Waals surface area contributed by atoms with Gasteiger partial charge in [0, 0.05) is 17.8 Å². The molecule has 7 heteroatoms. The minimum atomic E-state index is -0.0160. The van der Waals surface area contributed by atoms with Crippen LogP contribution in [0.25, 0.3) is 0 Å². The zero-order valence-electron chi connectivity index (χ0n) is 17.0. The van der Waals surface area contributed by atoms with Crippen molar-refractivity contribution in [2.45, 2.75) is 25.4 Å². The van der Waals surface area contributed by atoms with Crippen LogP contribution in [0.4, 0.5) is 0 Å². The van der Waals surface area contributed by atoms with E-state index >= 15 is 0 Å². The van der Waals surface area contributed by atoms with E-state index in [1.54, 1.807) is 31.3 Å². The number of amides is 1. The number of halogens is 1. The Morgan fingerprint density at radius 2 is 1.97 bits per heavy atom. The lowest BCUT2D eigenvalue weighted by molar-refractivity contribution is 0.0735. The molecule has 6 nitrogen and oxygen atoms in total. The molecule has 2 aromatic carbocycles. The summed E-state index contributed by atoms with van der Waals surface area (Å²) in [7, 11) is 3.23. The zero-order chi connectivity index (χ0) is 21.1. The number of hydrogen-bond donors (Lipinski definition) is 0. The predicted molar refractivity (Wildman–Crippen MR) is 115 cm³/mol. The number of aromatic nitrogens is 2. The van der Waals surface area contributed by atoms with E-state index in [1.165, 1.54) is 0 Å². The SMILES string of the molecule is COc1ccc([C@H]2CCCN2C(=O)c2cnn(Cc3ccccc3Cl)c2)cc1OC. The average Bonchev–Trinajstić information content (AvgIpc) is 3.44. The molecule has 30 heavy (non-hydrogen) atoms. The fourth-order valence-electron chi connectivity index (χ4n) is 3.94. The van der Waals surface area contributed by atoms with Gasteiger partial charge in [0.1, 0.15) is 0 Å². The van der Waals surface area contributed by atoms with Gasteiger partial charge in [0.05, 0.1) is 38.6 Å². The van der Waals surface area contributed by atoms with Crippen LogP contribution in [0.15, 0.2) is 54.9 Å². The number of nitrogens with zero attached hydrogens (tertiary/aromatic N) is 3. The van der Waals surface area contributed by atoms with Crippen LogP contribution in [0.3, 0.4) is 0 Å². The van der Waals surface area contributed by atoms with Crippen LogP contribution >= 0.6 is 11.6 Å². The highest BCUT2D eigenvalue weighted by Gasteiger charge is 2.31. The van der Waals surface area contributed by atoms with Gasteiger partial charge in [-0.2, -0.15) is 5.10 Å². The second-order valence-electron chi connectivity index (χ2n) is 7.29. The minimum absolute atomic E-state index is 0.00391. The van der Waals surface area contributed by atoms with E-state index in [0.717, 1.165) is 24.0 Å². The quantitative estimate of drug-likeness (QED) is 0.580. The highest BCUT2D eigenvalue weighted by molar-refractivity contribution is 6.31. The van der Waals surface area contributed by atoms with E-state index in [4.69, 9.17) is 21.1 Å². The maximum absolute atomic E-state index is 13.2. The van der Waals surface area contributed by atoms with E-state index in [0.29, 0.717) is 35.2 Å². The molecule has 0 unspecified atom stereocenters. The summed E-state index contributed by atoms with van der Waals surface area (Å²) >= 11 is 6.24. The van der Waals surface area contributed by atoms with Crippen LogP contribution < -0.4 is 9.47 Å². The summed E-state index contributed by atoms with van der Waals surface area (Å²) in [5.74, 6) is 1.33. The van der Waals surface area contributed by atoms with Gasteiger partial charge in [0.15, 0.2) is 11.5 Å². The first-order chi connectivity index (χ1) is 14.6. The lowest BCUT2D eigenvalue weighted by Gasteiger charge is -2.25. The maximum Gasteiger partial charge on any atom is 0.257 e. The van der Waals surface area contributed by atoms with Crippen molar-refractivity contribution in [3.63, 3.8) is 0 Å². The topological polar surface area (TPSA) is 56.6 Å². The molecule has 1 aromatic heterocycles. The molecule has 0 N–H and O–H groups in total. The molecule has 3 aromatic rings. The Hall–Kier alpha value is -2.99. The van der Waals surface area contributed by atoms with Gasteiger partial charge in [-0.1, -0.05) is 35.9 Å². The van der Waals surface area contributed by atoms with Crippen molar-refractivity contribution in [1.82, 2.24) is 14.7 Å². The molecule has 0 bridgehead atoms. The molecular formula is C23H24ClN3O3. The Balaban J connectivity index is 1.53. The highest BCUT2D eigenvalue weighted by Crippen LogP contribution is 2.37. The molecule has 0 radical (unpaired) electrons. The van der Waals surface area contributed by atoms with Gasteiger partial charge in [-0.3, -0.25) is 9.48 Å². The Kier molecular flexibility index (Phi) is 5.95. The summed E-state index contributed by atoms with van der Waals surface area (Å²) in [5.41, 5.74) is 2.59. The maximum atomic E-state index is 13.2. The van der Waals surface area contributed by atoms with Crippen LogP contribution in [0.1, 0.15) is 40.4 Å². The monoisotopic (exact) mass is 425 g/mol. The fraction of sp³-hybridized carbons (Fsp3) is 0.304. The number of likely N-dealkylation sites (tertiary alicyclic amines) is 1. The Morgan fingerprint density at radius 1 is 1.17 bits per heavy atom. The van der Waals surface area contributed by atoms with Gasteiger partial charge in [-0.15, -0.1) is 0 Å². The fourth-order valence-corrected chi connectivity index (χ4v) is 4.14. The summed E-state index contributed by atoms with van der Waals surface area (Å²) in [6.45, 7) is 1.24. The van der Waals surface area contributed by atoms with Crippen LogP contribution in [-0.4, -0.2) is 41.4 Å². The van der Waals surface area contributed by atoms with Crippen molar-refractivity contribution < 1.29 is 14.3 Å². The van der Waals surface area contributed by atoms with Gasteiger partial charge >= 0.3 is 0 Å². The van der Waals surface area contributed by atoms with Crippen LogP contribution in [0.5, 0.6) is 11.5 Å². The molecule has 0 spiro atoms. The molecule has 2 heterocycles. The molecule has 1 aliphatic heterocycles. The van der Waals surface area contributed by atoms with Crippen molar-refractivity contribution in [2.75, 3.05) is 20.8 Å². The second-order valence-corrected chi connectivity index (χ2v) is 7.70.